The van der Waals surface area contributed by atoms with Crippen LogP contribution < -0.4 is 10.1 Å². The van der Waals surface area contributed by atoms with Crippen LogP contribution in [0.5, 0.6) is 5.75 Å². The first-order chi connectivity index (χ1) is 10.3. The lowest BCUT2D eigenvalue weighted by molar-refractivity contribution is -0.0291. The van der Waals surface area contributed by atoms with Crippen molar-refractivity contribution < 1.29 is 9.47 Å². The van der Waals surface area contributed by atoms with Crippen LogP contribution in [-0.2, 0) is 4.74 Å². The molecule has 0 aliphatic heterocycles. The maximum Gasteiger partial charge on any atom is 0.137 e. The molecular formula is C17H28N2O2. The van der Waals surface area contributed by atoms with Gasteiger partial charge in [-0.25, -0.2) is 0 Å². The van der Waals surface area contributed by atoms with Gasteiger partial charge in [-0.05, 0) is 56.7 Å². The number of nitrogens with one attached hydrogen (secondary N) is 1. The molecule has 0 radical (unpaired) electrons. The molecule has 1 unspecified atom stereocenters. The fraction of sp³-hybridized carbons (Fsp3) is 0.706. The van der Waals surface area contributed by atoms with E-state index in [1.165, 1.54) is 18.4 Å². The second kappa shape index (κ2) is 8.35. The van der Waals surface area contributed by atoms with Gasteiger partial charge in [-0.2, -0.15) is 0 Å². The van der Waals surface area contributed by atoms with Gasteiger partial charge in [-0.3, -0.25) is 4.98 Å². The van der Waals surface area contributed by atoms with Gasteiger partial charge in [-0.1, -0.05) is 6.92 Å². The molecule has 1 fully saturated rings. The van der Waals surface area contributed by atoms with Crippen molar-refractivity contribution in [2.75, 3.05) is 20.3 Å². The second-order valence-corrected chi connectivity index (χ2v) is 5.82. The third kappa shape index (κ3) is 4.68. The predicted octanol–water partition coefficient (Wildman–Crippen LogP) is 3.34. The lowest BCUT2D eigenvalue weighted by atomic mass is 9.77. The summed E-state index contributed by atoms with van der Waals surface area (Å²) in [5, 5.41) is 3.65. The summed E-state index contributed by atoms with van der Waals surface area (Å²) in [6, 6.07) is 2.46. The molecule has 1 aromatic rings. The Morgan fingerprint density at radius 2 is 2.14 bits per heavy atom. The molecule has 0 saturated heterocycles. The van der Waals surface area contributed by atoms with Gasteiger partial charge in [0.2, 0.25) is 0 Å². The van der Waals surface area contributed by atoms with E-state index in [0.717, 1.165) is 37.7 Å². The minimum absolute atomic E-state index is 0.361. The van der Waals surface area contributed by atoms with Crippen LogP contribution in [0.2, 0.25) is 0 Å². The monoisotopic (exact) mass is 292 g/mol. The lowest BCUT2D eigenvalue weighted by Gasteiger charge is -2.37. The number of ether oxygens (including phenoxy) is 2. The summed E-state index contributed by atoms with van der Waals surface area (Å²) in [5.74, 6) is 1.58. The molecule has 21 heavy (non-hydrogen) atoms. The number of aromatic nitrogens is 1. The molecule has 1 aliphatic rings. The standard InChI is InChI=1S/C17H28N2O2/c1-4-6-19-17(9-13-7-15(8-13)21-5-2)14-10-16(20-3)12-18-11-14/h10-13,15,17,19H,4-9H2,1-3H3. The van der Waals surface area contributed by atoms with Gasteiger partial charge in [0.25, 0.3) is 0 Å². The molecule has 0 bridgehead atoms. The lowest BCUT2D eigenvalue weighted by Crippen LogP contribution is -2.35. The number of hydrogen-bond acceptors (Lipinski definition) is 4. The zero-order chi connectivity index (χ0) is 15.1. The van der Waals surface area contributed by atoms with Crippen LogP contribution in [0, 0.1) is 5.92 Å². The number of nitrogens with zero attached hydrogens (tertiary/aromatic N) is 1. The minimum Gasteiger partial charge on any atom is -0.495 e. The molecular weight excluding hydrogens is 264 g/mol. The maximum absolute atomic E-state index is 5.66. The Morgan fingerprint density at radius 3 is 2.81 bits per heavy atom. The van der Waals surface area contributed by atoms with Crippen molar-refractivity contribution in [3.63, 3.8) is 0 Å². The number of pyridine rings is 1. The van der Waals surface area contributed by atoms with Crippen LogP contribution in [0.25, 0.3) is 0 Å². The van der Waals surface area contributed by atoms with E-state index in [9.17, 15) is 0 Å². The summed E-state index contributed by atoms with van der Waals surface area (Å²) in [6.45, 7) is 6.13. The van der Waals surface area contributed by atoms with E-state index in [2.05, 4.69) is 30.2 Å². The molecule has 1 N–H and O–H groups in total. The molecule has 4 heteroatoms. The summed E-state index contributed by atoms with van der Waals surface area (Å²) in [6.07, 6.45) is 8.86. The topological polar surface area (TPSA) is 43.4 Å². The predicted molar refractivity (Wildman–Crippen MR) is 84.6 cm³/mol. The average Bonchev–Trinajstić information content (AvgIpc) is 2.48. The van der Waals surface area contributed by atoms with Gasteiger partial charge in [0, 0.05) is 18.8 Å². The molecule has 0 aromatic carbocycles. The Kier molecular flexibility index (Phi) is 6.46. The average molecular weight is 292 g/mol. The van der Waals surface area contributed by atoms with Crippen molar-refractivity contribution in [1.29, 1.82) is 0 Å². The summed E-state index contributed by atoms with van der Waals surface area (Å²) in [4.78, 5) is 4.29. The van der Waals surface area contributed by atoms with Gasteiger partial charge in [0.05, 0.1) is 19.4 Å². The molecule has 1 aromatic heterocycles. The first-order valence-electron chi connectivity index (χ1n) is 8.10. The van der Waals surface area contributed by atoms with E-state index >= 15 is 0 Å². The molecule has 1 saturated carbocycles. The van der Waals surface area contributed by atoms with E-state index in [4.69, 9.17) is 9.47 Å². The van der Waals surface area contributed by atoms with E-state index in [-0.39, 0.29) is 0 Å². The third-order valence-electron chi connectivity index (χ3n) is 4.18. The molecule has 2 rings (SSSR count). The molecule has 1 aliphatic carbocycles. The highest BCUT2D eigenvalue weighted by atomic mass is 16.5. The Labute approximate surface area is 128 Å². The van der Waals surface area contributed by atoms with Crippen LogP contribution in [0.15, 0.2) is 18.5 Å². The molecule has 0 amide bonds. The van der Waals surface area contributed by atoms with Crippen molar-refractivity contribution in [3.05, 3.63) is 24.0 Å². The zero-order valence-electron chi connectivity index (χ0n) is 13.5. The van der Waals surface area contributed by atoms with Crippen LogP contribution in [0.1, 0.15) is 51.1 Å². The SMILES string of the molecule is CCCNC(CC1CC(OCC)C1)c1cncc(OC)c1. The molecule has 4 nitrogen and oxygen atoms in total. The van der Waals surface area contributed by atoms with E-state index in [1.54, 1.807) is 13.3 Å². The Morgan fingerprint density at radius 1 is 1.33 bits per heavy atom. The van der Waals surface area contributed by atoms with Gasteiger partial charge >= 0.3 is 0 Å². The number of methoxy groups -OCH3 is 1. The highest BCUT2D eigenvalue weighted by Gasteiger charge is 2.31. The van der Waals surface area contributed by atoms with Gasteiger partial charge in [-0.15, -0.1) is 0 Å². The fourth-order valence-electron chi connectivity index (χ4n) is 2.97. The van der Waals surface area contributed by atoms with Crippen molar-refractivity contribution in [1.82, 2.24) is 10.3 Å². The van der Waals surface area contributed by atoms with Crippen LogP contribution in [0.3, 0.4) is 0 Å². The zero-order valence-corrected chi connectivity index (χ0v) is 13.5. The van der Waals surface area contributed by atoms with Crippen LogP contribution in [-0.4, -0.2) is 31.3 Å². The van der Waals surface area contributed by atoms with Crippen molar-refractivity contribution in [2.24, 2.45) is 5.92 Å². The Bertz CT molecular complexity index is 419. The van der Waals surface area contributed by atoms with Gasteiger partial charge in [0.1, 0.15) is 5.75 Å². The Hall–Kier alpha value is -1.13. The molecule has 1 atom stereocenters. The Balaban J connectivity index is 1.94. The number of rotatable bonds is 9. The summed E-state index contributed by atoms with van der Waals surface area (Å²) in [5.41, 5.74) is 1.22. The highest BCUT2D eigenvalue weighted by molar-refractivity contribution is 5.26. The smallest absolute Gasteiger partial charge is 0.137 e. The highest BCUT2D eigenvalue weighted by Crippen LogP contribution is 2.37. The molecule has 118 valence electrons. The quantitative estimate of drug-likeness (QED) is 0.758. The first kappa shape index (κ1) is 16.2. The van der Waals surface area contributed by atoms with Crippen molar-refractivity contribution >= 4 is 0 Å². The summed E-state index contributed by atoms with van der Waals surface area (Å²) >= 11 is 0. The molecule has 1 heterocycles. The largest absolute Gasteiger partial charge is 0.495 e. The van der Waals surface area contributed by atoms with E-state index in [1.807, 2.05) is 6.20 Å². The van der Waals surface area contributed by atoms with Gasteiger partial charge in [0.15, 0.2) is 0 Å². The summed E-state index contributed by atoms with van der Waals surface area (Å²) < 4.78 is 11.0. The first-order valence-corrected chi connectivity index (χ1v) is 8.10. The maximum atomic E-state index is 5.66. The summed E-state index contributed by atoms with van der Waals surface area (Å²) in [7, 11) is 1.69. The van der Waals surface area contributed by atoms with Crippen molar-refractivity contribution in [3.8, 4) is 5.75 Å². The van der Waals surface area contributed by atoms with E-state index < -0.39 is 0 Å². The second-order valence-electron chi connectivity index (χ2n) is 5.82. The van der Waals surface area contributed by atoms with Gasteiger partial charge < -0.3 is 14.8 Å². The van der Waals surface area contributed by atoms with E-state index in [0.29, 0.717) is 12.1 Å². The minimum atomic E-state index is 0.361. The van der Waals surface area contributed by atoms with Crippen molar-refractivity contribution in [2.45, 2.75) is 51.7 Å². The normalized spacial score (nSPS) is 22.6. The third-order valence-corrected chi connectivity index (χ3v) is 4.18. The van der Waals surface area contributed by atoms with Crippen LogP contribution >= 0.6 is 0 Å². The van der Waals surface area contributed by atoms with Crippen LogP contribution in [0.4, 0.5) is 0 Å². The fourth-order valence-corrected chi connectivity index (χ4v) is 2.97. The number of hydrogen-bond donors (Lipinski definition) is 1. The molecule has 0 spiro atoms.